The average Bonchev–Trinajstić information content (AvgIpc) is 2.80. The van der Waals surface area contributed by atoms with E-state index in [1.54, 1.807) is 0 Å². The van der Waals surface area contributed by atoms with Crippen LogP contribution >= 0.6 is 0 Å². The molecule has 1 saturated heterocycles. The van der Waals surface area contributed by atoms with Crippen LogP contribution in [0, 0.1) is 11.3 Å². The molecule has 2 fully saturated rings. The van der Waals surface area contributed by atoms with Gasteiger partial charge in [-0.05, 0) is 50.1 Å². The largest absolute Gasteiger partial charge is 0.312 e. The van der Waals surface area contributed by atoms with Gasteiger partial charge in [0.25, 0.3) is 0 Å². The van der Waals surface area contributed by atoms with Crippen LogP contribution in [0.15, 0.2) is 0 Å². The van der Waals surface area contributed by atoms with E-state index in [-0.39, 0.29) is 0 Å². The molecule has 0 aromatic carbocycles. The first-order chi connectivity index (χ1) is 9.08. The van der Waals surface area contributed by atoms with Crippen molar-refractivity contribution in [2.45, 2.75) is 78.3 Å². The van der Waals surface area contributed by atoms with Crippen molar-refractivity contribution in [1.29, 1.82) is 0 Å². The summed E-state index contributed by atoms with van der Waals surface area (Å²) in [6.45, 7) is 13.3. The maximum atomic E-state index is 3.81. The second kappa shape index (κ2) is 6.58. The van der Waals surface area contributed by atoms with Gasteiger partial charge in [0.1, 0.15) is 0 Å². The zero-order valence-electron chi connectivity index (χ0n) is 13.5. The highest BCUT2D eigenvalue weighted by atomic mass is 15.2. The number of hydrogen-bond acceptors (Lipinski definition) is 2. The number of rotatable bonds is 5. The van der Waals surface area contributed by atoms with Crippen molar-refractivity contribution in [1.82, 2.24) is 10.2 Å². The van der Waals surface area contributed by atoms with Crippen LogP contribution in [0.1, 0.15) is 66.2 Å². The summed E-state index contributed by atoms with van der Waals surface area (Å²) in [6.07, 6.45) is 8.41. The van der Waals surface area contributed by atoms with E-state index in [0.29, 0.717) is 11.5 Å². The fraction of sp³-hybridized carbons (Fsp3) is 1.00. The summed E-state index contributed by atoms with van der Waals surface area (Å²) in [5, 5.41) is 3.81. The predicted octanol–water partition coefficient (Wildman–Crippen LogP) is 3.67. The number of likely N-dealkylation sites (tertiary alicyclic amines) is 1. The standard InChI is InChI=1S/C17H34N2/c1-5-8-14-10-12-19(13-14)15-9-7-11-17(3,4)16(15)18-6-2/h14-16,18H,5-13H2,1-4H3. The molecule has 0 radical (unpaired) electrons. The quantitative estimate of drug-likeness (QED) is 0.817. The minimum atomic E-state index is 0.460. The Morgan fingerprint density at radius 3 is 2.68 bits per heavy atom. The molecular weight excluding hydrogens is 232 g/mol. The Labute approximate surface area is 120 Å². The highest BCUT2D eigenvalue weighted by Gasteiger charge is 2.42. The monoisotopic (exact) mass is 266 g/mol. The summed E-state index contributed by atoms with van der Waals surface area (Å²) in [5.74, 6) is 0.970. The molecule has 2 rings (SSSR count). The van der Waals surface area contributed by atoms with Crippen LogP contribution in [-0.2, 0) is 0 Å². The summed E-state index contributed by atoms with van der Waals surface area (Å²) in [7, 11) is 0. The molecule has 0 spiro atoms. The lowest BCUT2D eigenvalue weighted by atomic mass is 9.70. The van der Waals surface area contributed by atoms with Gasteiger partial charge in [-0.2, -0.15) is 0 Å². The van der Waals surface area contributed by atoms with Gasteiger partial charge in [-0.3, -0.25) is 4.90 Å². The molecule has 3 unspecified atom stereocenters. The van der Waals surface area contributed by atoms with Gasteiger partial charge in [-0.1, -0.05) is 40.5 Å². The van der Waals surface area contributed by atoms with E-state index in [1.165, 1.54) is 51.6 Å². The topological polar surface area (TPSA) is 15.3 Å². The number of nitrogens with one attached hydrogen (secondary N) is 1. The van der Waals surface area contributed by atoms with Crippen LogP contribution in [0.3, 0.4) is 0 Å². The molecule has 2 heteroatoms. The Morgan fingerprint density at radius 2 is 2.00 bits per heavy atom. The molecule has 0 amide bonds. The van der Waals surface area contributed by atoms with E-state index in [0.717, 1.165) is 18.5 Å². The summed E-state index contributed by atoms with van der Waals surface area (Å²) in [6, 6.07) is 1.47. The van der Waals surface area contributed by atoms with Crippen molar-refractivity contribution in [2.24, 2.45) is 11.3 Å². The third-order valence-corrected chi connectivity index (χ3v) is 5.45. The second-order valence-corrected chi connectivity index (χ2v) is 7.42. The van der Waals surface area contributed by atoms with E-state index in [1.807, 2.05) is 0 Å². The van der Waals surface area contributed by atoms with Crippen molar-refractivity contribution >= 4 is 0 Å². The van der Waals surface area contributed by atoms with Crippen molar-refractivity contribution < 1.29 is 0 Å². The first kappa shape index (κ1) is 15.3. The zero-order valence-corrected chi connectivity index (χ0v) is 13.5. The van der Waals surface area contributed by atoms with Crippen LogP contribution in [-0.4, -0.2) is 36.6 Å². The lowest BCUT2D eigenvalue weighted by Gasteiger charge is -2.48. The third kappa shape index (κ3) is 3.52. The SMILES string of the molecule is CCCC1CCN(C2CCCC(C)(C)C2NCC)C1. The molecular formula is C17H34N2. The molecule has 1 N–H and O–H groups in total. The first-order valence-electron chi connectivity index (χ1n) is 8.56. The number of hydrogen-bond donors (Lipinski definition) is 1. The zero-order chi connectivity index (χ0) is 13.9. The van der Waals surface area contributed by atoms with E-state index < -0.39 is 0 Å². The molecule has 19 heavy (non-hydrogen) atoms. The van der Waals surface area contributed by atoms with Crippen LogP contribution in [0.2, 0.25) is 0 Å². The molecule has 3 atom stereocenters. The smallest absolute Gasteiger partial charge is 0.0274 e. The van der Waals surface area contributed by atoms with Gasteiger partial charge in [0, 0.05) is 18.6 Å². The lowest BCUT2D eigenvalue weighted by molar-refractivity contribution is 0.0603. The van der Waals surface area contributed by atoms with Gasteiger partial charge in [-0.15, -0.1) is 0 Å². The van der Waals surface area contributed by atoms with E-state index in [9.17, 15) is 0 Å². The van der Waals surface area contributed by atoms with Gasteiger partial charge >= 0.3 is 0 Å². The van der Waals surface area contributed by atoms with Gasteiger partial charge in [0.2, 0.25) is 0 Å². The molecule has 2 nitrogen and oxygen atoms in total. The first-order valence-corrected chi connectivity index (χ1v) is 8.56. The average molecular weight is 266 g/mol. The molecule has 0 aromatic heterocycles. The number of nitrogens with zero attached hydrogens (tertiary/aromatic N) is 1. The Bertz CT molecular complexity index is 274. The Morgan fingerprint density at radius 1 is 1.21 bits per heavy atom. The maximum absolute atomic E-state index is 3.81. The van der Waals surface area contributed by atoms with Gasteiger partial charge in [-0.25, -0.2) is 0 Å². The van der Waals surface area contributed by atoms with Crippen molar-refractivity contribution in [3.63, 3.8) is 0 Å². The molecule has 1 aliphatic carbocycles. The molecule has 1 heterocycles. The summed E-state index contributed by atoms with van der Waals surface area (Å²) < 4.78 is 0. The molecule has 2 aliphatic rings. The second-order valence-electron chi connectivity index (χ2n) is 7.42. The van der Waals surface area contributed by atoms with Crippen LogP contribution < -0.4 is 5.32 Å². The Kier molecular flexibility index (Phi) is 5.30. The van der Waals surface area contributed by atoms with Crippen molar-refractivity contribution in [2.75, 3.05) is 19.6 Å². The van der Waals surface area contributed by atoms with Crippen molar-refractivity contribution in [3.8, 4) is 0 Å². The lowest BCUT2D eigenvalue weighted by Crippen LogP contribution is -2.58. The summed E-state index contributed by atoms with van der Waals surface area (Å²) in [5.41, 5.74) is 0.460. The molecule has 1 saturated carbocycles. The highest BCUT2D eigenvalue weighted by Crippen LogP contribution is 2.39. The normalized spacial score (nSPS) is 35.7. The predicted molar refractivity (Wildman–Crippen MR) is 83.5 cm³/mol. The number of likely N-dealkylation sites (N-methyl/N-ethyl adjacent to an activating group) is 1. The van der Waals surface area contributed by atoms with E-state index >= 15 is 0 Å². The van der Waals surface area contributed by atoms with Gasteiger partial charge in [0.15, 0.2) is 0 Å². The fourth-order valence-electron chi connectivity index (χ4n) is 4.44. The Hall–Kier alpha value is -0.0800. The summed E-state index contributed by atoms with van der Waals surface area (Å²) >= 11 is 0. The highest BCUT2D eigenvalue weighted by molar-refractivity contribution is 4.99. The fourth-order valence-corrected chi connectivity index (χ4v) is 4.44. The minimum absolute atomic E-state index is 0.460. The van der Waals surface area contributed by atoms with Crippen LogP contribution in [0.25, 0.3) is 0 Å². The molecule has 0 aromatic rings. The van der Waals surface area contributed by atoms with Gasteiger partial charge < -0.3 is 5.32 Å². The maximum Gasteiger partial charge on any atom is 0.0274 e. The Balaban J connectivity index is 2.00. The summed E-state index contributed by atoms with van der Waals surface area (Å²) in [4.78, 5) is 2.81. The van der Waals surface area contributed by atoms with E-state index in [4.69, 9.17) is 0 Å². The molecule has 0 bridgehead atoms. The van der Waals surface area contributed by atoms with Crippen LogP contribution in [0.5, 0.6) is 0 Å². The molecule has 112 valence electrons. The van der Waals surface area contributed by atoms with Crippen molar-refractivity contribution in [3.05, 3.63) is 0 Å². The third-order valence-electron chi connectivity index (χ3n) is 5.45. The minimum Gasteiger partial charge on any atom is -0.312 e. The molecule has 1 aliphatic heterocycles. The van der Waals surface area contributed by atoms with E-state index in [2.05, 4.69) is 37.9 Å². The van der Waals surface area contributed by atoms with Gasteiger partial charge in [0.05, 0.1) is 0 Å². The van der Waals surface area contributed by atoms with Crippen LogP contribution in [0.4, 0.5) is 0 Å².